The molecule has 0 spiro atoms. The van der Waals surface area contributed by atoms with E-state index in [0.717, 1.165) is 0 Å². The quantitative estimate of drug-likeness (QED) is 0.537. The first kappa shape index (κ1) is 11.0. The van der Waals surface area contributed by atoms with Crippen molar-refractivity contribution in [3.05, 3.63) is 10.6 Å². The Hall–Kier alpha value is -1.04. The maximum absolute atomic E-state index is 8.51. The second-order valence-electron chi connectivity index (χ2n) is 1.81. The molecular weight excluding hydrogens is 190 g/mol. The topological polar surface area (TPSA) is 59.6 Å². The largest absolute Gasteiger partial charge is 0.343 e. The first-order chi connectivity index (χ1) is 5.65. The molecule has 0 aliphatic rings. The smallest absolute Gasteiger partial charge is 0.159 e. The molecule has 0 saturated carbocycles. The summed E-state index contributed by atoms with van der Waals surface area (Å²) in [6.45, 7) is 1.69. The van der Waals surface area contributed by atoms with E-state index in [-0.39, 0.29) is 5.57 Å². The van der Waals surface area contributed by atoms with Crippen LogP contribution in [0.2, 0.25) is 0 Å². The van der Waals surface area contributed by atoms with Gasteiger partial charge in [0.05, 0.1) is 4.99 Å². The summed E-state index contributed by atoms with van der Waals surface area (Å²) in [6, 6.07) is 3.57. The Morgan fingerprint density at radius 1 is 1.42 bits per heavy atom. The SMILES string of the molecule is CSC(NC(C)=S)=C(C#N)C#N. The molecule has 0 aliphatic carbocycles. The van der Waals surface area contributed by atoms with E-state index in [1.165, 1.54) is 11.8 Å². The van der Waals surface area contributed by atoms with Crippen LogP contribution < -0.4 is 5.32 Å². The molecule has 62 valence electrons. The van der Waals surface area contributed by atoms with Gasteiger partial charge in [-0.3, -0.25) is 0 Å². The minimum atomic E-state index is 0.0618. The fourth-order valence-electron chi connectivity index (χ4n) is 0.502. The molecule has 0 radical (unpaired) electrons. The molecule has 5 heteroatoms. The second kappa shape index (κ2) is 5.59. The highest BCUT2D eigenvalue weighted by molar-refractivity contribution is 8.02. The van der Waals surface area contributed by atoms with Crippen LogP contribution in [0.5, 0.6) is 0 Å². The first-order valence-electron chi connectivity index (χ1n) is 3.01. The van der Waals surface area contributed by atoms with E-state index in [1.807, 2.05) is 0 Å². The summed E-state index contributed by atoms with van der Waals surface area (Å²) in [6.07, 6.45) is 1.77. The van der Waals surface area contributed by atoms with Crippen LogP contribution in [0.1, 0.15) is 6.92 Å². The van der Waals surface area contributed by atoms with Gasteiger partial charge in [-0.15, -0.1) is 11.8 Å². The van der Waals surface area contributed by atoms with E-state index >= 15 is 0 Å². The van der Waals surface area contributed by atoms with Crippen LogP contribution in [-0.4, -0.2) is 11.2 Å². The van der Waals surface area contributed by atoms with E-state index in [9.17, 15) is 0 Å². The Morgan fingerprint density at radius 2 is 1.92 bits per heavy atom. The predicted octanol–water partition coefficient (Wildman–Crippen LogP) is 1.55. The Bertz CT molecular complexity index is 277. The summed E-state index contributed by atoms with van der Waals surface area (Å²) in [5.74, 6) is 0. The van der Waals surface area contributed by atoms with Gasteiger partial charge in [-0.2, -0.15) is 10.5 Å². The van der Waals surface area contributed by atoms with Gasteiger partial charge in [0, 0.05) is 0 Å². The van der Waals surface area contributed by atoms with Crippen LogP contribution in [0, 0.1) is 22.7 Å². The maximum atomic E-state index is 8.51. The number of thiocarbonyl (C=S) groups is 1. The highest BCUT2D eigenvalue weighted by Gasteiger charge is 2.03. The lowest BCUT2D eigenvalue weighted by Crippen LogP contribution is -2.16. The average molecular weight is 197 g/mol. The summed E-state index contributed by atoms with van der Waals surface area (Å²) in [4.78, 5) is 0.544. The van der Waals surface area contributed by atoms with Crippen molar-refractivity contribution in [2.45, 2.75) is 6.92 Å². The number of hydrogen-bond donors (Lipinski definition) is 1. The zero-order valence-electron chi connectivity index (χ0n) is 6.71. The molecule has 0 amide bonds. The maximum Gasteiger partial charge on any atom is 0.159 e. The molecule has 0 unspecified atom stereocenters. The van der Waals surface area contributed by atoms with E-state index in [2.05, 4.69) is 5.32 Å². The Balaban J connectivity index is 4.76. The van der Waals surface area contributed by atoms with E-state index in [4.69, 9.17) is 22.7 Å². The molecule has 0 aromatic carbocycles. The van der Waals surface area contributed by atoms with Gasteiger partial charge in [0.25, 0.3) is 0 Å². The van der Waals surface area contributed by atoms with E-state index in [0.29, 0.717) is 10.0 Å². The van der Waals surface area contributed by atoms with Crippen LogP contribution in [-0.2, 0) is 0 Å². The Labute approximate surface area is 81.1 Å². The minimum Gasteiger partial charge on any atom is -0.343 e. The summed E-state index contributed by atoms with van der Waals surface area (Å²) >= 11 is 6.07. The molecule has 0 aromatic rings. The minimum absolute atomic E-state index is 0.0618. The molecule has 0 bridgehead atoms. The second-order valence-corrected chi connectivity index (χ2v) is 3.24. The van der Waals surface area contributed by atoms with Crippen molar-refractivity contribution in [1.29, 1.82) is 10.5 Å². The number of hydrogen-bond acceptors (Lipinski definition) is 4. The fourth-order valence-corrected chi connectivity index (χ4v) is 1.22. The molecule has 0 saturated heterocycles. The third-order valence-electron chi connectivity index (χ3n) is 0.944. The number of nitrogens with zero attached hydrogens (tertiary/aromatic N) is 2. The van der Waals surface area contributed by atoms with Crippen LogP contribution in [0.4, 0.5) is 0 Å². The van der Waals surface area contributed by atoms with Gasteiger partial charge in [-0.25, -0.2) is 0 Å². The van der Waals surface area contributed by atoms with Crippen molar-refractivity contribution < 1.29 is 0 Å². The molecule has 0 aromatic heterocycles. The van der Waals surface area contributed by atoms with E-state index < -0.39 is 0 Å². The lowest BCUT2D eigenvalue weighted by Gasteiger charge is -2.04. The number of thioether (sulfide) groups is 1. The van der Waals surface area contributed by atoms with Crippen molar-refractivity contribution in [3.63, 3.8) is 0 Å². The van der Waals surface area contributed by atoms with Crippen molar-refractivity contribution in [2.24, 2.45) is 0 Å². The molecular formula is C7H7N3S2. The zero-order valence-corrected chi connectivity index (χ0v) is 8.34. The Morgan fingerprint density at radius 3 is 2.17 bits per heavy atom. The first-order valence-corrected chi connectivity index (χ1v) is 4.65. The van der Waals surface area contributed by atoms with Crippen LogP contribution >= 0.6 is 24.0 Å². The van der Waals surface area contributed by atoms with Crippen molar-refractivity contribution in [1.82, 2.24) is 5.32 Å². The average Bonchev–Trinajstić information content (AvgIpc) is 2.04. The third kappa shape index (κ3) is 3.38. The summed E-state index contributed by atoms with van der Waals surface area (Å²) in [5, 5.41) is 20.3. The number of rotatable bonds is 2. The monoisotopic (exact) mass is 197 g/mol. The molecule has 0 atom stereocenters. The number of nitrogens with one attached hydrogen (secondary N) is 1. The Kier molecular flexibility index (Phi) is 5.11. The van der Waals surface area contributed by atoms with Crippen LogP contribution in [0.3, 0.4) is 0 Å². The van der Waals surface area contributed by atoms with Crippen LogP contribution in [0.25, 0.3) is 0 Å². The standard InChI is InChI=1S/C7H7N3S2/c1-5(11)10-7(12-2)6(3-8)4-9/h1-2H3,(H,10,11). The molecule has 0 rings (SSSR count). The van der Waals surface area contributed by atoms with Gasteiger partial charge < -0.3 is 5.32 Å². The molecule has 12 heavy (non-hydrogen) atoms. The van der Waals surface area contributed by atoms with Gasteiger partial charge in [-0.1, -0.05) is 12.2 Å². The summed E-state index contributed by atoms with van der Waals surface area (Å²) in [7, 11) is 0. The summed E-state index contributed by atoms with van der Waals surface area (Å²) < 4.78 is 0. The van der Waals surface area contributed by atoms with Gasteiger partial charge in [0.1, 0.15) is 17.2 Å². The fraction of sp³-hybridized carbons (Fsp3) is 0.286. The van der Waals surface area contributed by atoms with Gasteiger partial charge in [0.2, 0.25) is 0 Å². The third-order valence-corrected chi connectivity index (χ3v) is 1.76. The molecule has 0 heterocycles. The zero-order chi connectivity index (χ0) is 9.56. The lowest BCUT2D eigenvalue weighted by atomic mass is 10.3. The van der Waals surface area contributed by atoms with Crippen molar-refractivity contribution in [2.75, 3.05) is 6.26 Å². The van der Waals surface area contributed by atoms with E-state index in [1.54, 1.807) is 25.3 Å². The van der Waals surface area contributed by atoms with Crippen LogP contribution in [0.15, 0.2) is 10.6 Å². The summed E-state index contributed by atoms with van der Waals surface area (Å²) in [5.41, 5.74) is 0.0618. The van der Waals surface area contributed by atoms with Gasteiger partial charge in [0.15, 0.2) is 5.57 Å². The highest BCUT2D eigenvalue weighted by atomic mass is 32.2. The highest BCUT2D eigenvalue weighted by Crippen LogP contribution is 2.12. The van der Waals surface area contributed by atoms with Crippen molar-refractivity contribution >= 4 is 29.0 Å². The van der Waals surface area contributed by atoms with Gasteiger partial charge in [-0.05, 0) is 13.2 Å². The molecule has 0 fully saturated rings. The normalized spacial score (nSPS) is 7.67. The number of allylic oxidation sites excluding steroid dienone is 1. The molecule has 0 aliphatic heterocycles. The predicted molar refractivity (Wildman–Crippen MR) is 53.2 cm³/mol. The van der Waals surface area contributed by atoms with Crippen molar-refractivity contribution in [3.8, 4) is 12.1 Å². The molecule has 1 N–H and O–H groups in total. The number of nitriles is 2. The van der Waals surface area contributed by atoms with Gasteiger partial charge >= 0.3 is 0 Å². The lowest BCUT2D eigenvalue weighted by molar-refractivity contribution is 1.24. The molecule has 3 nitrogen and oxygen atoms in total.